The molecule has 15 heavy (non-hydrogen) atoms. The zero-order chi connectivity index (χ0) is 10.9. The van der Waals surface area contributed by atoms with Crippen LogP contribution >= 0.6 is 0 Å². The zero-order valence-electron chi connectivity index (χ0n) is 9.71. The lowest BCUT2D eigenvalue weighted by Gasteiger charge is -2.37. The van der Waals surface area contributed by atoms with E-state index in [9.17, 15) is 4.79 Å². The van der Waals surface area contributed by atoms with Crippen LogP contribution in [-0.2, 0) is 9.53 Å². The molecule has 86 valence electrons. The maximum atomic E-state index is 11.9. The fraction of sp³-hybridized carbons (Fsp3) is 0.917. The first-order valence-electron chi connectivity index (χ1n) is 5.99. The van der Waals surface area contributed by atoms with Crippen molar-refractivity contribution >= 4 is 5.97 Å². The second-order valence-corrected chi connectivity index (χ2v) is 5.55. The van der Waals surface area contributed by atoms with Crippen molar-refractivity contribution in [3.05, 3.63) is 0 Å². The highest BCUT2D eigenvalue weighted by molar-refractivity contribution is 5.77. The van der Waals surface area contributed by atoms with Crippen LogP contribution in [0, 0.1) is 11.3 Å². The highest BCUT2D eigenvalue weighted by Gasteiger charge is 2.38. The largest absolute Gasteiger partial charge is 0.464 e. The molecule has 3 heteroatoms. The molecule has 1 aliphatic carbocycles. The highest BCUT2D eigenvalue weighted by atomic mass is 16.5. The van der Waals surface area contributed by atoms with Crippen molar-refractivity contribution < 1.29 is 9.53 Å². The van der Waals surface area contributed by atoms with Crippen LogP contribution in [0.2, 0.25) is 0 Å². The van der Waals surface area contributed by atoms with Gasteiger partial charge >= 0.3 is 5.97 Å². The molecule has 0 aromatic rings. The third-order valence-electron chi connectivity index (χ3n) is 3.52. The van der Waals surface area contributed by atoms with E-state index in [0.717, 1.165) is 19.4 Å². The Kier molecular flexibility index (Phi) is 3.01. The molecule has 2 fully saturated rings. The summed E-state index contributed by atoms with van der Waals surface area (Å²) < 4.78 is 5.34. The molecule has 0 amide bonds. The van der Waals surface area contributed by atoms with Gasteiger partial charge in [0.05, 0.1) is 6.61 Å². The minimum absolute atomic E-state index is 0.0406. The minimum Gasteiger partial charge on any atom is -0.464 e. The van der Waals surface area contributed by atoms with Gasteiger partial charge in [-0.15, -0.1) is 0 Å². The fourth-order valence-corrected chi connectivity index (χ4v) is 2.18. The van der Waals surface area contributed by atoms with Crippen molar-refractivity contribution in [3.63, 3.8) is 0 Å². The summed E-state index contributed by atoms with van der Waals surface area (Å²) in [5, 5.41) is 3.28. The summed E-state index contributed by atoms with van der Waals surface area (Å²) in [6.45, 7) is 5.85. The lowest BCUT2D eigenvalue weighted by atomic mass is 9.77. The molecule has 0 aromatic heterocycles. The first kappa shape index (κ1) is 10.9. The number of carbonyl (C=O) groups is 1. The summed E-state index contributed by atoms with van der Waals surface area (Å²) in [5.74, 6) is 0.604. The van der Waals surface area contributed by atoms with Crippen molar-refractivity contribution in [2.24, 2.45) is 11.3 Å². The van der Waals surface area contributed by atoms with Gasteiger partial charge in [0.2, 0.25) is 0 Å². The second kappa shape index (κ2) is 4.12. The van der Waals surface area contributed by atoms with E-state index in [4.69, 9.17) is 4.74 Å². The molecule has 1 heterocycles. The number of carbonyl (C=O) groups excluding carboxylic acids is 1. The molecule has 2 aliphatic rings. The third kappa shape index (κ3) is 2.71. The third-order valence-corrected chi connectivity index (χ3v) is 3.52. The predicted molar refractivity (Wildman–Crippen MR) is 58.5 cm³/mol. The molecule has 0 spiro atoms. The Morgan fingerprint density at radius 1 is 1.47 bits per heavy atom. The molecule has 2 rings (SSSR count). The Balaban J connectivity index is 1.85. The standard InChI is InChI=1S/C12H21NO2/c1-12(2)6-3-7-13-10(12)11(14)15-8-9-4-5-9/h9-10,13H,3-8H2,1-2H3. The molecule has 3 nitrogen and oxygen atoms in total. The van der Waals surface area contributed by atoms with Gasteiger partial charge in [0.15, 0.2) is 0 Å². The first-order valence-corrected chi connectivity index (χ1v) is 5.99. The Hall–Kier alpha value is -0.570. The summed E-state index contributed by atoms with van der Waals surface area (Å²) in [6, 6.07) is -0.106. The fourth-order valence-electron chi connectivity index (χ4n) is 2.18. The van der Waals surface area contributed by atoms with Crippen LogP contribution in [0.25, 0.3) is 0 Å². The van der Waals surface area contributed by atoms with Crippen molar-refractivity contribution in [2.75, 3.05) is 13.2 Å². The molecule has 1 aliphatic heterocycles. The number of hydrogen-bond donors (Lipinski definition) is 1. The molecule has 1 N–H and O–H groups in total. The summed E-state index contributed by atoms with van der Waals surface area (Å²) in [5.41, 5.74) is 0.0406. The van der Waals surface area contributed by atoms with E-state index in [-0.39, 0.29) is 17.4 Å². The Morgan fingerprint density at radius 2 is 2.20 bits per heavy atom. The van der Waals surface area contributed by atoms with Crippen molar-refractivity contribution in [1.29, 1.82) is 0 Å². The number of piperidine rings is 1. The number of nitrogens with one attached hydrogen (secondary N) is 1. The van der Waals surface area contributed by atoms with Crippen molar-refractivity contribution in [2.45, 2.75) is 45.6 Å². The number of esters is 1. The van der Waals surface area contributed by atoms with Crippen LogP contribution in [-0.4, -0.2) is 25.2 Å². The Morgan fingerprint density at radius 3 is 2.80 bits per heavy atom. The van der Waals surface area contributed by atoms with Gasteiger partial charge in [0.1, 0.15) is 6.04 Å². The number of ether oxygens (including phenoxy) is 1. The van der Waals surface area contributed by atoms with Crippen LogP contribution in [0.5, 0.6) is 0 Å². The second-order valence-electron chi connectivity index (χ2n) is 5.55. The lowest BCUT2D eigenvalue weighted by molar-refractivity contribution is -0.150. The molecule has 1 saturated carbocycles. The summed E-state index contributed by atoms with van der Waals surface area (Å²) in [4.78, 5) is 11.9. The van der Waals surface area contributed by atoms with Gasteiger partial charge in [-0.25, -0.2) is 0 Å². The Labute approximate surface area is 91.6 Å². The van der Waals surface area contributed by atoms with Crippen LogP contribution in [0.3, 0.4) is 0 Å². The van der Waals surface area contributed by atoms with Gasteiger partial charge in [-0.2, -0.15) is 0 Å². The topological polar surface area (TPSA) is 38.3 Å². The van der Waals surface area contributed by atoms with Crippen molar-refractivity contribution in [3.8, 4) is 0 Å². The minimum atomic E-state index is -0.106. The van der Waals surface area contributed by atoms with Crippen LogP contribution in [0.1, 0.15) is 39.5 Å². The molecule has 1 unspecified atom stereocenters. The maximum Gasteiger partial charge on any atom is 0.323 e. The van der Waals surface area contributed by atoms with Crippen LogP contribution < -0.4 is 5.32 Å². The smallest absolute Gasteiger partial charge is 0.323 e. The Bertz CT molecular complexity index is 246. The van der Waals surface area contributed by atoms with E-state index in [1.54, 1.807) is 0 Å². The lowest BCUT2D eigenvalue weighted by Crippen LogP contribution is -2.52. The van der Waals surface area contributed by atoms with Gasteiger partial charge in [-0.05, 0) is 43.6 Å². The average molecular weight is 211 g/mol. The van der Waals surface area contributed by atoms with Gasteiger partial charge in [-0.3, -0.25) is 4.79 Å². The van der Waals surface area contributed by atoms with E-state index in [1.165, 1.54) is 12.8 Å². The van der Waals surface area contributed by atoms with E-state index < -0.39 is 0 Å². The summed E-state index contributed by atoms with van der Waals surface area (Å²) in [6.07, 6.45) is 4.71. The normalized spacial score (nSPS) is 29.9. The van der Waals surface area contributed by atoms with E-state index in [0.29, 0.717) is 12.5 Å². The quantitative estimate of drug-likeness (QED) is 0.722. The van der Waals surface area contributed by atoms with Gasteiger partial charge in [0, 0.05) is 0 Å². The van der Waals surface area contributed by atoms with E-state index in [2.05, 4.69) is 19.2 Å². The molecular formula is C12H21NO2. The molecule has 0 aromatic carbocycles. The average Bonchev–Trinajstić information content (AvgIpc) is 2.97. The van der Waals surface area contributed by atoms with E-state index >= 15 is 0 Å². The molecule has 1 saturated heterocycles. The van der Waals surface area contributed by atoms with Crippen molar-refractivity contribution in [1.82, 2.24) is 5.32 Å². The number of hydrogen-bond acceptors (Lipinski definition) is 3. The van der Waals surface area contributed by atoms with E-state index in [1.807, 2.05) is 0 Å². The van der Waals surface area contributed by atoms with Gasteiger partial charge < -0.3 is 10.1 Å². The van der Waals surface area contributed by atoms with Crippen LogP contribution in [0.15, 0.2) is 0 Å². The zero-order valence-corrected chi connectivity index (χ0v) is 9.71. The van der Waals surface area contributed by atoms with Gasteiger partial charge in [-0.1, -0.05) is 13.8 Å². The highest BCUT2D eigenvalue weighted by Crippen LogP contribution is 2.32. The molecule has 0 radical (unpaired) electrons. The van der Waals surface area contributed by atoms with Crippen LogP contribution in [0.4, 0.5) is 0 Å². The monoisotopic (exact) mass is 211 g/mol. The first-order chi connectivity index (χ1) is 7.09. The summed E-state index contributed by atoms with van der Waals surface area (Å²) in [7, 11) is 0. The SMILES string of the molecule is CC1(C)CCCNC1C(=O)OCC1CC1. The van der Waals surface area contributed by atoms with Gasteiger partial charge in [0.25, 0.3) is 0 Å². The molecule has 1 atom stereocenters. The number of rotatable bonds is 3. The molecular weight excluding hydrogens is 190 g/mol. The summed E-state index contributed by atoms with van der Waals surface area (Å²) >= 11 is 0. The molecule has 0 bridgehead atoms. The maximum absolute atomic E-state index is 11.9. The predicted octanol–water partition coefficient (Wildman–Crippen LogP) is 1.72.